The molecular weight excluding hydrogens is 258 g/mol. The first kappa shape index (κ1) is 14.4. The van der Waals surface area contributed by atoms with Crippen molar-refractivity contribution in [2.45, 2.75) is 45.7 Å². The lowest BCUT2D eigenvalue weighted by Gasteiger charge is -2.50. The van der Waals surface area contributed by atoms with Crippen LogP contribution in [0.25, 0.3) is 0 Å². The van der Waals surface area contributed by atoms with Crippen molar-refractivity contribution in [3.8, 4) is 0 Å². The average molecular weight is 280 g/mol. The van der Waals surface area contributed by atoms with Gasteiger partial charge in [-0.15, -0.1) is 11.6 Å². The Kier molecular flexibility index (Phi) is 4.51. The van der Waals surface area contributed by atoms with Crippen LogP contribution in [-0.4, -0.2) is 22.7 Å². The van der Waals surface area contributed by atoms with E-state index in [1.54, 1.807) is 0 Å². The molecule has 0 bridgehead atoms. The van der Waals surface area contributed by atoms with Crippen LogP contribution in [0.5, 0.6) is 0 Å². The Balaban J connectivity index is 2.21. The molecule has 1 aromatic rings. The van der Waals surface area contributed by atoms with Gasteiger partial charge in [-0.25, -0.2) is 0 Å². The lowest BCUT2D eigenvalue weighted by atomic mass is 9.78. The minimum Gasteiger partial charge on any atom is -0.332 e. The number of amides is 1. The molecule has 0 N–H and O–H groups in total. The van der Waals surface area contributed by atoms with Crippen LogP contribution in [0, 0.1) is 12.8 Å². The van der Waals surface area contributed by atoms with Gasteiger partial charge in [0, 0.05) is 11.9 Å². The van der Waals surface area contributed by atoms with Crippen LogP contribution in [0.4, 0.5) is 0 Å². The van der Waals surface area contributed by atoms with E-state index in [1.165, 1.54) is 11.1 Å². The maximum atomic E-state index is 12.2. The van der Waals surface area contributed by atoms with Crippen molar-refractivity contribution in [2.24, 2.45) is 5.92 Å². The van der Waals surface area contributed by atoms with Crippen LogP contribution in [-0.2, 0) is 4.79 Å². The predicted octanol–water partition coefficient (Wildman–Crippen LogP) is 3.92. The highest BCUT2D eigenvalue weighted by atomic mass is 35.5. The molecule has 1 aliphatic heterocycles. The summed E-state index contributed by atoms with van der Waals surface area (Å²) in [4.78, 5) is 14.2. The van der Waals surface area contributed by atoms with Gasteiger partial charge in [0.15, 0.2) is 0 Å². The van der Waals surface area contributed by atoms with Crippen molar-refractivity contribution in [3.05, 3.63) is 35.4 Å². The number of alkyl halides is 1. The van der Waals surface area contributed by atoms with Crippen LogP contribution in [0.1, 0.15) is 43.9 Å². The van der Waals surface area contributed by atoms with Gasteiger partial charge in [0.2, 0.25) is 5.91 Å². The summed E-state index contributed by atoms with van der Waals surface area (Å²) in [6.07, 6.45) is 1.80. The van der Waals surface area contributed by atoms with Gasteiger partial charge in [0.05, 0.1) is 12.0 Å². The fourth-order valence-electron chi connectivity index (χ4n) is 2.89. The molecule has 1 amide bonds. The van der Waals surface area contributed by atoms with E-state index in [9.17, 15) is 4.79 Å². The zero-order valence-electron chi connectivity index (χ0n) is 11.9. The van der Waals surface area contributed by atoms with Gasteiger partial charge in [-0.1, -0.05) is 29.8 Å². The molecule has 1 aliphatic rings. The van der Waals surface area contributed by atoms with E-state index in [2.05, 4.69) is 45.0 Å². The summed E-state index contributed by atoms with van der Waals surface area (Å²) in [7, 11) is 0. The minimum atomic E-state index is 0.115. The van der Waals surface area contributed by atoms with E-state index < -0.39 is 0 Å². The van der Waals surface area contributed by atoms with Crippen LogP contribution in [0.15, 0.2) is 24.3 Å². The third-order valence-electron chi connectivity index (χ3n) is 3.88. The van der Waals surface area contributed by atoms with Crippen molar-refractivity contribution < 1.29 is 4.79 Å². The quantitative estimate of drug-likeness (QED) is 0.591. The molecule has 0 radical (unpaired) electrons. The maximum absolute atomic E-state index is 12.2. The summed E-state index contributed by atoms with van der Waals surface area (Å²) in [5.41, 5.74) is 2.50. The first-order valence-electron chi connectivity index (χ1n) is 7.01. The standard InChI is InChI=1S/C16H22ClNO/c1-11(2)18-15(13-8-6-12(3)7-9-13)14(16(18)19)5-4-10-17/h6-9,11,14-15H,4-5,10H2,1-3H3/t14-,15-/m1/s1. The van der Waals surface area contributed by atoms with E-state index in [1.807, 2.05) is 4.90 Å². The van der Waals surface area contributed by atoms with E-state index in [0.717, 1.165) is 12.8 Å². The molecule has 2 atom stereocenters. The van der Waals surface area contributed by atoms with E-state index in [0.29, 0.717) is 5.88 Å². The molecular formula is C16H22ClNO. The minimum absolute atomic E-state index is 0.115. The molecule has 19 heavy (non-hydrogen) atoms. The second-order valence-electron chi connectivity index (χ2n) is 5.63. The summed E-state index contributed by atoms with van der Waals surface area (Å²) in [5.74, 6) is 1.03. The molecule has 3 heteroatoms. The van der Waals surface area contributed by atoms with Crippen LogP contribution in [0.2, 0.25) is 0 Å². The van der Waals surface area contributed by atoms with E-state index in [4.69, 9.17) is 11.6 Å². The number of likely N-dealkylation sites (tertiary alicyclic amines) is 1. The number of halogens is 1. The van der Waals surface area contributed by atoms with Gasteiger partial charge in [-0.05, 0) is 39.2 Å². The van der Waals surface area contributed by atoms with Gasteiger partial charge < -0.3 is 4.90 Å². The topological polar surface area (TPSA) is 20.3 Å². The highest BCUT2D eigenvalue weighted by Gasteiger charge is 2.48. The lowest BCUT2D eigenvalue weighted by molar-refractivity contribution is -0.161. The van der Waals surface area contributed by atoms with Gasteiger partial charge >= 0.3 is 0 Å². The summed E-state index contributed by atoms with van der Waals surface area (Å²) < 4.78 is 0. The number of nitrogens with zero attached hydrogens (tertiary/aromatic N) is 1. The number of β-lactam (4-membered cyclic amide) rings is 1. The van der Waals surface area contributed by atoms with Crippen molar-refractivity contribution in [2.75, 3.05) is 5.88 Å². The number of aryl methyl sites for hydroxylation is 1. The Morgan fingerprint density at radius 3 is 2.42 bits per heavy atom. The Bertz CT molecular complexity index is 441. The fraction of sp³-hybridized carbons (Fsp3) is 0.562. The second-order valence-corrected chi connectivity index (χ2v) is 6.01. The molecule has 0 aromatic heterocycles. The molecule has 1 heterocycles. The molecule has 1 fully saturated rings. The molecule has 0 saturated carbocycles. The summed E-state index contributed by atoms with van der Waals surface area (Å²) in [6, 6.07) is 9.03. The smallest absolute Gasteiger partial charge is 0.228 e. The SMILES string of the molecule is Cc1ccc([C@@H]2[C@@H](CCCCl)C(=O)N2C(C)C)cc1. The number of carbonyl (C=O) groups is 1. The van der Waals surface area contributed by atoms with Gasteiger partial charge in [0.25, 0.3) is 0 Å². The summed E-state index contributed by atoms with van der Waals surface area (Å²) in [6.45, 7) is 6.24. The van der Waals surface area contributed by atoms with E-state index in [-0.39, 0.29) is 23.9 Å². The normalized spacial score (nSPS) is 22.8. The van der Waals surface area contributed by atoms with Gasteiger partial charge in [-0.3, -0.25) is 4.79 Å². The van der Waals surface area contributed by atoms with Crippen molar-refractivity contribution in [3.63, 3.8) is 0 Å². The number of hydrogen-bond donors (Lipinski definition) is 0. The molecule has 0 spiro atoms. The zero-order chi connectivity index (χ0) is 14.0. The number of rotatable bonds is 5. The monoisotopic (exact) mass is 279 g/mol. The third-order valence-corrected chi connectivity index (χ3v) is 4.14. The van der Waals surface area contributed by atoms with Gasteiger partial charge in [-0.2, -0.15) is 0 Å². The van der Waals surface area contributed by atoms with Gasteiger partial charge in [0.1, 0.15) is 0 Å². The number of hydrogen-bond acceptors (Lipinski definition) is 1. The number of carbonyl (C=O) groups excluding carboxylic acids is 1. The highest BCUT2D eigenvalue weighted by molar-refractivity contribution is 6.17. The Morgan fingerprint density at radius 1 is 1.26 bits per heavy atom. The van der Waals surface area contributed by atoms with Crippen LogP contribution < -0.4 is 0 Å². The first-order chi connectivity index (χ1) is 9.06. The molecule has 104 valence electrons. The Hall–Kier alpha value is -1.02. The second kappa shape index (κ2) is 5.96. The van der Waals surface area contributed by atoms with E-state index >= 15 is 0 Å². The first-order valence-corrected chi connectivity index (χ1v) is 7.54. The maximum Gasteiger partial charge on any atom is 0.228 e. The molecule has 1 aromatic carbocycles. The molecule has 0 unspecified atom stereocenters. The van der Waals surface area contributed by atoms with Crippen LogP contribution in [0.3, 0.4) is 0 Å². The van der Waals surface area contributed by atoms with Crippen molar-refractivity contribution >= 4 is 17.5 Å². The molecule has 0 aliphatic carbocycles. The van der Waals surface area contributed by atoms with Crippen molar-refractivity contribution in [1.29, 1.82) is 0 Å². The fourth-order valence-corrected chi connectivity index (χ4v) is 3.04. The molecule has 1 saturated heterocycles. The third kappa shape index (κ3) is 2.79. The van der Waals surface area contributed by atoms with Crippen molar-refractivity contribution in [1.82, 2.24) is 4.90 Å². The summed E-state index contributed by atoms with van der Waals surface area (Å²) >= 11 is 5.76. The predicted molar refractivity (Wildman–Crippen MR) is 79.3 cm³/mol. The number of benzene rings is 1. The van der Waals surface area contributed by atoms with Crippen LogP contribution >= 0.6 is 11.6 Å². The lowest BCUT2D eigenvalue weighted by Crippen LogP contribution is -2.57. The zero-order valence-corrected chi connectivity index (χ0v) is 12.7. The average Bonchev–Trinajstić information content (AvgIpc) is 2.37. The Labute approximate surface area is 120 Å². The summed E-state index contributed by atoms with van der Waals surface area (Å²) in [5, 5.41) is 0. The Morgan fingerprint density at radius 2 is 1.89 bits per heavy atom. The molecule has 2 rings (SSSR count). The largest absolute Gasteiger partial charge is 0.332 e. The highest BCUT2D eigenvalue weighted by Crippen LogP contribution is 2.43. The molecule has 2 nitrogen and oxygen atoms in total.